The summed E-state index contributed by atoms with van der Waals surface area (Å²) in [5.41, 5.74) is 0.615. The molecule has 0 radical (unpaired) electrons. The molecular formula is C10H10BrFO2. The molecule has 0 saturated carbocycles. The second kappa shape index (κ2) is 5.10. The van der Waals surface area contributed by atoms with Gasteiger partial charge in [0.1, 0.15) is 5.82 Å². The molecule has 0 aromatic heterocycles. The van der Waals surface area contributed by atoms with Gasteiger partial charge in [-0.25, -0.2) is 4.39 Å². The summed E-state index contributed by atoms with van der Waals surface area (Å²) in [4.78, 5) is 11.1. The Labute approximate surface area is 90.2 Å². The summed E-state index contributed by atoms with van der Waals surface area (Å²) in [7, 11) is 0. The van der Waals surface area contributed by atoms with Gasteiger partial charge in [0.25, 0.3) is 0 Å². The van der Waals surface area contributed by atoms with Crippen LogP contribution in [0.5, 0.6) is 0 Å². The van der Waals surface area contributed by atoms with Crippen LogP contribution in [0.15, 0.2) is 22.7 Å². The molecule has 76 valence electrons. The lowest BCUT2D eigenvalue weighted by Gasteiger charge is -2.02. The average Bonchev–Trinajstić information content (AvgIpc) is 2.12. The third-order valence-corrected chi connectivity index (χ3v) is 2.28. The van der Waals surface area contributed by atoms with E-state index in [1.165, 1.54) is 6.07 Å². The van der Waals surface area contributed by atoms with E-state index < -0.39 is 0 Å². The number of carbonyl (C=O) groups excluding carboxylic acids is 1. The molecule has 0 bridgehead atoms. The smallest absolute Gasteiger partial charge is 0.310 e. The van der Waals surface area contributed by atoms with Crippen LogP contribution in [0.1, 0.15) is 12.5 Å². The molecule has 0 amide bonds. The van der Waals surface area contributed by atoms with Crippen LogP contribution < -0.4 is 0 Å². The van der Waals surface area contributed by atoms with Gasteiger partial charge in [0.15, 0.2) is 0 Å². The molecule has 0 aliphatic carbocycles. The highest BCUT2D eigenvalue weighted by molar-refractivity contribution is 9.10. The van der Waals surface area contributed by atoms with Gasteiger partial charge in [-0.15, -0.1) is 0 Å². The quantitative estimate of drug-likeness (QED) is 0.782. The van der Waals surface area contributed by atoms with E-state index in [1.54, 1.807) is 19.1 Å². The highest BCUT2D eigenvalue weighted by Crippen LogP contribution is 2.16. The third-order valence-electron chi connectivity index (χ3n) is 1.64. The number of rotatable bonds is 3. The van der Waals surface area contributed by atoms with Gasteiger partial charge in [-0.2, -0.15) is 0 Å². The van der Waals surface area contributed by atoms with Crippen LogP contribution in [0, 0.1) is 5.82 Å². The highest BCUT2D eigenvalue weighted by atomic mass is 79.9. The number of benzene rings is 1. The first-order valence-corrected chi connectivity index (χ1v) is 5.02. The summed E-state index contributed by atoms with van der Waals surface area (Å²) in [6, 6.07) is 4.58. The van der Waals surface area contributed by atoms with Crippen molar-refractivity contribution in [2.45, 2.75) is 13.3 Å². The van der Waals surface area contributed by atoms with E-state index in [9.17, 15) is 9.18 Å². The average molecular weight is 261 g/mol. The van der Waals surface area contributed by atoms with E-state index in [0.29, 0.717) is 16.6 Å². The zero-order valence-corrected chi connectivity index (χ0v) is 9.30. The maximum Gasteiger partial charge on any atom is 0.310 e. The van der Waals surface area contributed by atoms with Crippen molar-refractivity contribution in [1.29, 1.82) is 0 Å². The Morgan fingerprint density at radius 1 is 1.57 bits per heavy atom. The summed E-state index contributed by atoms with van der Waals surface area (Å²) in [5, 5.41) is 0. The van der Waals surface area contributed by atoms with E-state index in [-0.39, 0.29) is 18.2 Å². The Morgan fingerprint density at radius 2 is 2.29 bits per heavy atom. The van der Waals surface area contributed by atoms with Crippen molar-refractivity contribution in [3.05, 3.63) is 34.1 Å². The number of hydrogen-bond acceptors (Lipinski definition) is 2. The second-order valence-electron chi connectivity index (χ2n) is 2.73. The minimum Gasteiger partial charge on any atom is -0.466 e. The van der Waals surface area contributed by atoms with E-state index in [4.69, 9.17) is 4.74 Å². The Bertz CT molecular complexity index is 339. The standard InChI is InChI=1S/C10H10BrFO2/c1-2-14-10(13)6-7-3-4-8(11)9(12)5-7/h3-5H,2,6H2,1H3. The van der Waals surface area contributed by atoms with E-state index in [2.05, 4.69) is 15.9 Å². The van der Waals surface area contributed by atoms with Gasteiger partial charge >= 0.3 is 5.97 Å². The molecule has 1 aromatic carbocycles. The van der Waals surface area contributed by atoms with Crippen molar-refractivity contribution in [1.82, 2.24) is 0 Å². The van der Waals surface area contributed by atoms with Crippen molar-refractivity contribution in [2.24, 2.45) is 0 Å². The highest BCUT2D eigenvalue weighted by Gasteiger charge is 2.06. The second-order valence-corrected chi connectivity index (χ2v) is 3.58. The number of ether oxygens (including phenoxy) is 1. The molecule has 4 heteroatoms. The molecule has 0 fully saturated rings. The number of halogens is 2. The predicted octanol–water partition coefficient (Wildman–Crippen LogP) is 2.69. The van der Waals surface area contributed by atoms with Crippen LogP contribution >= 0.6 is 15.9 Å². The van der Waals surface area contributed by atoms with Crippen molar-refractivity contribution in [2.75, 3.05) is 6.61 Å². The van der Waals surface area contributed by atoms with Crippen LogP contribution in [-0.4, -0.2) is 12.6 Å². The number of hydrogen-bond donors (Lipinski definition) is 0. The molecule has 0 saturated heterocycles. The van der Waals surface area contributed by atoms with Gasteiger partial charge in [-0.3, -0.25) is 4.79 Å². The first-order valence-electron chi connectivity index (χ1n) is 4.23. The Kier molecular flexibility index (Phi) is 4.07. The van der Waals surface area contributed by atoms with Gasteiger partial charge in [-0.1, -0.05) is 6.07 Å². The molecule has 1 rings (SSSR count). The SMILES string of the molecule is CCOC(=O)Cc1ccc(Br)c(F)c1. The lowest BCUT2D eigenvalue weighted by molar-refractivity contribution is -0.142. The van der Waals surface area contributed by atoms with E-state index in [0.717, 1.165) is 0 Å². The zero-order valence-electron chi connectivity index (χ0n) is 7.72. The molecule has 2 nitrogen and oxygen atoms in total. The fourth-order valence-corrected chi connectivity index (χ4v) is 1.27. The van der Waals surface area contributed by atoms with Gasteiger partial charge in [0.2, 0.25) is 0 Å². The lowest BCUT2D eigenvalue weighted by Crippen LogP contribution is -2.07. The van der Waals surface area contributed by atoms with Crippen LogP contribution in [-0.2, 0) is 16.0 Å². The summed E-state index contributed by atoms with van der Waals surface area (Å²) < 4.78 is 18.2. The number of carbonyl (C=O) groups is 1. The van der Waals surface area contributed by atoms with Gasteiger partial charge < -0.3 is 4.74 Å². The minimum atomic E-state index is -0.369. The fourth-order valence-electron chi connectivity index (χ4n) is 1.03. The van der Waals surface area contributed by atoms with Crippen LogP contribution in [0.4, 0.5) is 4.39 Å². The monoisotopic (exact) mass is 260 g/mol. The molecular weight excluding hydrogens is 251 g/mol. The van der Waals surface area contributed by atoms with E-state index in [1.807, 2.05) is 0 Å². The molecule has 0 aliphatic rings. The largest absolute Gasteiger partial charge is 0.466 e. The van der Waals surface area contributed by atoms with Crippen molar-refractivity contribution >= 4 is 21.9 Å². The molecule has 0 aliphatic heterocycles. The topological polar surface area (TPSA) is 26.3 Å². The Morgan fingerprint density at radius 3 is 2.86 bits per heavy atom. The zero-order chi connectivity index (χ0) is 10.6. The summed E-state index contributed by atoms with van der Waals surface area (Å²) >= 11 is 3.04. The van der Waals surface area contributed by atoms with E-state index >= 15 is 0 Å². The summed E-state index contributed by atoms with van der Waals surface area (Å²) in [6.07, 6.45) is 0.109. The third kappa shape index (κ3) is 3.10. The van der Waals surface area contributed by atoms with Gasteiger partial charge in [-0.05, 0) is 40.5 Å². The van der Waals surface area contributed by atoms with Gasteiger partial charge in [0, 0.05) is 0 Å². The first kappa shape index (κ1) is 11.2. The molecule has 1 aromatic rings. The maximum atomic E-state index is 13.0. The molecule has 0 unspecified atom stereocenters. The molecule has 0 spiro atoms. The maximum absolute atomic E-state index is 13.0. The van der Waals surface area contributed by atoms with Crippen LogP contribution in [0.3, 0.4) is 0 Å². The molecule has 14 heavy (non-hydrogen) atoms. The lowest BCUT2D eigenvalue weighted by atomic mass is 10.1. The molecule has 0 heterocycles. The molecule has 0 atom stereocenters. The summed E-state index contributed by atoms with van der Waals surface area (Å²) in [5.74, 6) is -0.707. The minimum absolute atomic E-state index is 0.109. The van der Waals surface area contributed by atoms with Gasteiger partial charge in [0.05, 0.1) is 17.5 Å². The predicted molar refractivity (Wildman–Crippen MR) is 54.4 cm³/mol. The fraction of sp³-hybridized carbons (Fsp3) is 0.300. The molecule has 0 N–H and O–H groups in total. The Hall–Kier alpha value is -0.900. The van der Waals surface area contributed by atoms with Crippen molar-refractivity contribution < 1.29 is 13.9 Å². The normalized spacial score (nSPS) is 9.93. The summed E-state index contributed by atoms with van der Waals surface area (Å²) in [6.45, 7) is 2.08. The van der Waals surface area contributed by atoms with Crippen molar-refractivity contribution in [3.63, 3.8) is 0 Å². The first-order chi connectivity index (χ1) is 6.63. The number of esters is 1. The van der Waals surface area contributed by atoms with Crippen molar-refractivity contribution in [3.8, 4) is 0 Å². The Balaban J connectivity index is 2.68. The van der Waals surface area contributed by atoms with Crippen LogP contribution in [0.25, 0.3) is 0 Å². The van der Waals surface area contributed by atoms with Crippen LogP contribution in [0.2, 0.25) is 0 Å².